The van der Waals surface area contributed by atoms with E-state index in [9.17, 15) is 64.6 Å². The lowest BCUT2D eigenvalue weighted by molar-refractivity contribution is -0.307. The Kier molecular flexibility index (Phi) is 14.5. The van der Waals surface area contributed by atoms with E-state index in [0.717, 1.165) is 10.9 Å². The number of imidazole rings is 1. The first-order valence-electron chi connectivity index (χ1n) is 16.0. The van der Waals surface area contributed by atoms with Crippen LogP contribution in [0.15, 0.2) is 11.1 Å². The van der Waals surface area contributed by atoms with E-state index in [1.54, 1.807) is 0 Å². The van der Waals surface area contributed by atoms with Crippen molar-refractivity contribution in [3.8, 4) is 0 Å². The number of aromatic nitrogens is 4. The molecule has 5 heterocycles. The van der Waals surface area contributed by atoms with Crippen LogP contribution in [0, 0.1) is 0 Å². The number of nitrogens with zero attached hydrogens (tertiary/aromatic N) is 3. The fourth-order valence-corrected chi connectivity index (χ4v) is 7.75. The molecule has 3 saturated heterocycles. The van der Waals surface area contributed by atoms with E-state index < -0.39 is 140 Å². The van der Waals surface area contributed by atoms with Gasteiger partial charge in [0.2, 0.25) is 5.95 Å². The van der Waals surface area contributed by atoms with Gasteiger partial charge < -0.3 is 89.9 Å². The molecule has 5 rings (SSSR count). The Hall–Kier alpha value is -2.19. The van der Waals surface area contributed by atoms with Gasteiger partial charge in [-0.05, 0) is 0 Å². The quantitative estimate of drug-likeness (QED) is 0.0400. The molecular formula is C25H41N5O23P2. The molecule has 30 heteroatoms. The molecule has 3 aliphatic rings. The van der Waals surface area contributed by atoms with Crippen molar-refractivity contribution in [1.82, 2.24) is 19.5 Å². The maximum absolute atomic E-state index is 12.7. The summed E-state index contributed by atoms with van der Waals surface area (Å²) in [6.45, 7) is -3.42. The van der Waals surface area contributed by atoms with Gasteiger partial charge in [0.1, 0.15) is 73.9 Å². The largest absolute Gasteiger partial charge is 0.483 e. The van der Waals surface area contributed by atoms with Gasteiger partial charge in [0.25, 0.3) is 5.56 Å². The number of aromatic amines is 1. The lowest BCUT2D eigenvalue weighted by atomic mass is 9.99. The van der Waals surface area contributed by atoms with Crippen LogP contribution in [0.25, 0.3) is 11.2 Å². The molecule has 16 atom stereocenters. The number of hydrogen-bond donors (Lipinski definition) is 13. The zero-order valence-corrected chi connectivity index (χ0v) is 29.8. The topological polar surface area (TPSA) is 429 Å². The van der Waals surface area contributed by atoms with Crippen molar-refractivity contribution in [2.75, 3.05) is 45.6 Å². The van der Waals surface area contributed by atoms with Crippen LogP contribution >= 0.6 is 15.6 Å². The SMILES string of the molecule is Nc1nc2c(ncn2[C@@H]2O[C@H](COP(=O)(O)OP(=O)(O)OC3O[C@@H](COCOC[C@H]4O[C@@H](OCCO)[C@H](O)[C@@H](O)[C@H]4O)[C@@H](O)[C@@H](O)[C@@H]3O)[C@@H](O)[C@H]2O)c(=O)[nH]1. The Bertz CT molecular complexity index is 1740. The average molecular weight is 842 g/mol. The standard InChI is InChI=1S/C25H41N5O23P2/c26-25-28-20-11(21(40)29-25)27-6-30(20)22-17(37)14(34)10(49-22)5-48-54(41,42)53-55(43,44)52-24-19(39)16(36)13(33)9(51-24)4-46-7-45-3-8-12(32)15(35)18(38)23(50-8)47-2-1-31/h6,8-10,12-19,22-24,31-39H,1-5,7H2,(H,41,42)(H,43,44)(H3,26,28,29,40)/t8-,9+,10-,12+,13-,14-,15+,16-,17-,18-,19+,22-,23-,24?/m1/s1. The van der Waals surface area contributed by atoms with Gasteiger partial charge in [-0.2, -0.15) is 9.29 Å². The molecule has 0 amide bonds. The minimum atomic E-state index is -5.75. The summed E-state index contributed by atoms with van der Waals surface area (Å²) in [4.78, 5) is 42.4. The lowest BCUT2D eigenvalue weighted by Gasteiger charge is -2.40. The molecule has 28 nitrogen and oxygen atoms in total. The number of phosphoric acid groups is 2. The molecule has 2 aromatic heterocycles. The number of ether oxygens (including phenoxy) is 6. The fourth-order valence-electron chi connectivity index (χ4n) is 5.59. The summed E-state index contributed by atoms with van der Waals surface area (Å²) < 4.78 is 71.4. The van der Waals surface area contributed by atoms with Crippen LogP contribution in [0.2, 0.25) is 0 Å². The minimum Gasteiger partial charge on any atom is -0.394 e. The Morgan fingerprint density at radius 2 is 1.35 bits per heavy atom. The fraction of sp³-hybridized carbons (Fsp3) is 0.800. The predicted octanol–water partition coefficient (Wildman–Crippen LogP) is -6.81. The first-order valence-corrected chi connectivity index (χ1v) is 19.0. The second-order valence-corrected chi connectivity index (χ2v) is 15.2. The van der Waals surface area contributed by atoms with E-state index in [1.807, 2.05) is 0 Å². The Balaban J connectivity index is 1.10. The van der Waals surface area contributed by atoms with Crippen molar-refractivity contribution in [2.24, 2.45) is 0 Å². The zero-order chi connectivity index (χ0) is 40.4. The monoisotopic (exact) mass is 841 g/mol. The number of nitrogens with one attached hydrogen (secondary N) is 1. The van der Waals surface area contributed by atoms with Gasteiger partial charge in [-0.3, -0.25) is 23.4 Å². The van der Waals surface area contributed by atoms with Gasteiger partial charge in [0, 0.05) is 0 Å². The number of aliphatic hydroxyl groups is 9. The van der Waals surface area contributed by atoms with Gasteiger partial charge in [-0.25, -0.2) is 14.1 Å². The maximum Gasteiger partial charge on any atom is 0.483 e. The van der Waals surface area contributed by atoms with Gasteiger partial charge in [-0.1, -0.05) is 0 Å². The number of phosphoric ester groups is 2. The van der Waals surface area contributed by atoms with E-state index in [1.165, 1.54) is 0 Å². The van der Waals surface area contributed by atoms with Crippen molar-refractivity contribution in [3.63, 3.8) is 0 Å². The van der Waals surface area contributed by atoms with E-state index in [2.05, 4.69) is 28.3 Å². The van der Waals surface area contributed by atoms with Gasteiger partial charge in [-0.15, -0.1) is 0 Å². The molecule has 0 saturated carbocycles. The van der Waals surface area contributed by atoms with E-state index in [0.29, 0.717) is 0 Å². The smallest absolute Gasteiger partial charge is 0.394 e. The Morgan fingerprint density at radius 1 is 0.782 bits per heavy atom. The zero-order valence-electron chi connectivity index (χ0n) is 28.0. The summed E-state index contributed by atoms with van der Waals surface area (Å²) >= 11 is 0. The molecule has 0 spiro atoms. The van der Waals surface area contributed by atoms with Crippen molar-refractivity contribution >= 4 is 32.8 Å². The molecule has 2 aromatic rings. The lowest BCUT2D eigenvalue weighted by Crippen LogP contribution is -2.59. The number of fused-ring (bicyclic) bond motifs is 1. The third-order valence-corrected chi connectivity index (χ3v) is 10.9. The van der Waals surface area contributed by atoms with E-state index >= 15 is 0 Å². The van der Waals surface area contributed by atoms with Gasteiger partial charge in [0.05, 0.1) is 39.4 Å². The highest BCUT2D eigenvalue weighted by molar-refractivity contribution is 7.61. The second-order valence-electron chi connectivity index (χ2n) is 12.2. The van der Waals surface area contributed by atoms with E-state index in [-0.39, 0.29) is 23.7 Å². The van der Waals surface area contributed by atoms with Crippen LogP contribution in [0.3, 0.4) is 0 Å². The normalized spacial score (nSPS) is 37.9. The highest BCUT2D eigenvalue weighted by Gasteiger charge is 2.50. The third kappa shape index (κ3) is 10.3. The molecule has 3 aliphatic heterocycles. The second kappa shape index (κ2) is 18.2. The van der Waals surface area contributed by atoms with Crippen molar-refractivity contribution in [2.45, 2.75) is 86.0 Å². The number of rotatable bonds is 17. The van der Waals surface area contributed by atoms with E-state index in [4.69, 9.17) is 39.3 Å². The number of aliphatic hydroxyl groups excluding tert-OH is 9. The molecule has 314 valence electrons. The average Bonchev–Trinajstić information content (AvgIpc) is 3.66. The molecule has 0 radical (unpaired) electrons. The number of nitrogens with two attached hydrogens (primary N) is 1. The van der Waals surface area contributed by atoms with Crippen LogP contribution in [0.5, 0.6) is 0 Å². The first-order chi connectivity index (χ1) is 25.8. The number of H-pyrrole nitrogens is 1. The summed E-state index contributed by atoms with van der Waals surface area (Å²) in [6, 6.07) is 0. The van der Waals surface area contributed by atoms with Crippen LogP contribution < -0.4 is 11.3 Å². The summed E-state index contributed by atoms with van der Waals surface area (Å²) in [6.07, 6.45) is -23.3. The minimum absolute atomic E-state index is 0.143. The molecule has 3 unspecified atom stereocenters. The maximum atomic E-state index is 12.7. The summed E-state index contributed by atoms with van der Waals surface area (Å²) in [5.41, 5.74) is 4.50. The molecule has 0 aromatic carbocycles. The van der Waals surface area contributed by atoms with Crippen LogP contribution in [-0.2, 0) is 50.9 Å². The number of nitrogen functional groups attached to an aromatic ring is 1. The summed E-state index contributed by atoms with van der Waals surface area (Å²) in [7, 11) is -11.4. The Morgan fingerprint density at radius 3 is 1.96 bits per heavy atom. The summed E-state index contributed by atoms with van der Waals surface area (Å²) in [5, 5.41) is 91.0. The number of hydrogen-bond acceptors (Lipinski definition) is 24. The van der Waals surface area contributed by atoms with Crippen LogP contribution in [0.4, 0.5) is 5.95 Å². The highest BCUT2D eigenvalue weighted by atomic mass is 31.3. The third-order valence-electron chi connectivity index (χ3n) is 8.35. The number of anilines is 1. The van der Waals surface area contributed by atoms with Crippen molar-refractivity contribution < 1.29 is 107 Å². The predicted molar refractivity (Wildman–Crippen MR) is 169 cm³/mol. The summed E-state index contributed by atoms with van der Waals surface area (Å²) in [5.74, 6) is -0.303. The van der Waals surface area contributed by atoms with Crippen LogP contribution in [-0.4, -0.2) is 195 Å². The first kappa shape index (κ1) is 43.9. The van der Waals surface area contributed by atoms with Gasteiger partial charge in [0.15, 0.2) is 30.0 Å². The molecule has 14 N–H and O–H groups in total. The molecular weight excluding hydrogens is 800 g/mol. The Labute approximate surface area is 307 Å². The van der Waals surface area contributed by atoms with Gasteiger partial charge >= 0.3 is 15.6 Å². The van der Waals surface area contributed by atoms with Crippen LogP contribution in [0.1, 0.15) is 6.23 Å². The molecule has 0 aliphatic carbocycles. The molecule has 0 bridgehead atoms. The van der Waals surface area contributed by atoms with Crippen molar-refractivity contribution in [3.05, 3.63) is 16.7 Å². The molecule has 3 fully saturated rings. The molecule has 55 heavy (non-hydrogen) atoms. The highest BCUT2D eigenvalue weighted by Crippen LogP contribution is 2.61. The van der Waals surface area contributed by atoms with Crippen molar-refractivity contribution in [1.29, 1.82) is 0 Å².